The molecule has 1 aliphatic heterocycles. The normalized spacial score (nSPS) is 20.9. The Hall–Kier alpha value is -2.46. The van der Waals surface area contributed by atoms with Crippen molar-refractivity contribution in [1.29, 1.82) is 0 Å². The van der Waals surface area contributed by atoms with Crippen LogP contribution in [0.5, 0.6) is 0 Å². The van der Waals surface area contributed by atoms with Gasteiger partial charge in [-0.3, -0.25) is 24.6 Å². The molecule has 0 aromatic carbocycles. The molecule has 3 N–H and O–H groups in total. The summed E-state index contributed by atoms with van der Waals surface area (Å²) in [5, 5.41) is 17.9. The molecule has 3 amide bonds. The minimum atomic E-state index is -0.695. The average molecular weight is 393 g/mol. The van der Waals surface area contributed by atoms with E-state index < -0.39 is 12.0 Å². The predicted octanol–water partition coefficient (Wildman–Crippen LogP) is 1.07. The average Bonchev–Trinajstić information content (AvgIpc) is 3.42. The van der Waals surface area contributed by atoms with Gasteiger partial charge in [-0.15, -0.1) is 0 Å². The number of hydroxylamine groups is 2. The first-order valence-electron chi connectivity index (χ1n) is 9.69. The van der Waals surface area contributed by atoms with E-state index in [2.05, 4.69) is 15.9 Å². The lowest BCUT2D eigenvalue weighted by molar-refractivity contribution is -0.159. The van der Waals surface area contributed by atoms with Gasteiger partial charge in [-0.1, -0.05) is 30.8 Å². The first kappa shape index (κ1) is 20.3. The molecule has 0 bridgehead atoms. The van der Waals surface area contributed by atoms with Crippen LogP contribution in [0.25, 0.3) is 0 Å². The topological polar surface area (TPSA) is 128 Å². The summed E-state index contributed by atoms with van der Waals surface area (Å²) >= 11 is 0. The molecule has 1 aromatic heterocycles. The van der Waals surface area contributed by atoms with E-state index in [4.69, 9.17) is 4.52 Å². The van der Waals surface area contributed by atoms with E-state index in [9.17, 15) is 19.6 Å². The highest BCUT2D eigenvalue weighted by atomic mass is 16.5. The van der Waals surface area contributed by atoms with Crippen LogP contribution in [0.15, 0.2) is 10.6 Å². The second-order valence-corrected chi connectivity index (χ2v) is 7.54. The molecule has 1 aliphatic carbocycles. The second kappa shape index (κ2) is 9.16. The molecule has 28 heavy (non-hydrogen) atoms. The van der Waals surface area contributed by atoms with Crippen molar-refractivity contribution >= 4 is 24.0 Å². The standard InChI is InChI=1S/C18H27N5O5/c1-12-8-16(21-28-12)20-17(25)15-6-7-19-23(15)18(26)14(10-22(27)11-24)9-13-4-2-3-5-13/h8,11,13-15,19,27H,2-7,9-10H2,1H3,(H,20,21,25). The largest absolute Gasteiger partial charge is 0.360 e. The van der Waals surface area contributed by atoms with Crippen LogP contribution in [-0.2, 0) is 14.4 Å². The van der Waals surface area contributed by atoms with Crippen molar-refractivity contribution in [3.8, 4) is 0 Å². The van der Waals surface area contributed by atoms with Gasteiger partial charge in [0.2, 0.25) is 18.2 Å². The smallest absolute Gasteiger partial charge is 0.250 e. The van der Waals surface area contributed by atoms with Crippen LogP contribution in [0.2, 0.25) is 0 Å². The van der Waals surface area contributed by atoms with Gasteiger partial charge in [-0.2, -0.15) is 0 Å². The highest BCUT2D eigenvalue weighted by molar-refractivity contribution is 5.97. The van der Waals surface area contributed by atoms with E-state index in [-0.39, 0.29) is 18.4 Å². The zero-order chi connectivity index (χ0) is 20.1. The number of carbonyl (C=O) groups excluding carboxylic acids is 3. The van der Waals surface area contributed by atoms with Crippen molar-refractivity contribution in [2.45, 2.75) is 51.5 Å². The van der Waals surface area contributed by atoms with Crippen molar-refractivity contribution < 1.29 is 24.1 Å². The van der Waals surface area contributed by atoms with Crippen LogP contribution in [-0.4, -0.2) is 57.8 Å². The molecule has 154 valence electrons. The van der Waals surface area contributed by atoms with Gasteiger partial charge in [0.1, 0.15) is 11.8 Å². The monoisotopic (exact) mass is 393 g/mol. The van der Waals surface area contributed by atoms with Crippen LogP contribution in [0, 0.1) is 18.8 Å². The number of hydrogen-bond donors (Lipinski definition) is 3. The van der Waals surface area contributed by atoms with Gasteiger partial charge in [0.05, 0.1) is 12.5 Å². The van der Waals surface area contributed by atoms with Crippen LogP contribution in [0.4, 0.5) is 5.82 Å². The van der Waals surface area contributed by atoms with Gasteiger partial charge < -0.3 is 9.84 Å². The number of aromatic nitrogens is 1. The molecule has 2 heterocycles. The Labute approximate surface area is 163 Å². The maximum atomic E-state index is 13.2. The summed E-state index contributed by atoms with van der Waals surface area (Å²) in [6.07, 6.45) is 5.68. The molecule has 1 saturated carbocycles. The molecule has 2 atom stereocenters. The van der Waals surface area contributed by atoms with E-state index in [0.717, 1.165) is 25.7 Å². The van der Waals surface area contributed by atoms with Crippen LogP contribution in [0.1, 0.15) is 44.3 Å². The molecule has 3 rings (SSSR count). The van der Waals surface area contributed by atoms with E-state index >= 15 is 0 Å². The summed E-state index contributed by atoms with van der Waals surface area (Å²) in [6, 6.07) is 0.905. The van der Waals surface area contributed by atoms with Crippen LogP contribution >= 0.6 is 0 Å². The fraction of sp³-hybridized carbons (Fsp3) is 0.667. The maximum absolute atomic E-state index is 13.2. The molecule has 2 aliphatic rings. The summed E-state index contributed by atoms with van der Waals surface area (Å²) in [5.74, 6) is 0.0351. The third-order valence-electron chi connectivity index (χ3n) is 5.40. The van der Waals surface area contributed by atoms with Gasteiger partial charge in [-0.05, 0) is 25.7 Å². The summed E-state index contributed by atoms with van der Waals surface area (Å²) < 4.78 is 4.94. The fourth-order valence-corrected chi connectivity index (χ4v) is 4.04. The molecule has 0 spiro atoms. The van der Waals surface area contributed by atoms with Gasteiger partial charge in [0.15, 0.2) is 5.82 Å². The zero-order valence-electron chi connectivity index (χ0n) is 16.0. The molecule has 2 unspecified atom stereocenters. The fourth-order valence-electron chi connectivity index (χ4n) is 4.04. The number of anilines is 1. The Morgan fingerprint density at radius 1 is 1.46 bits per heavy atom. The van der Waals surface area contributed by atoms with Crippen LogP contribution < -0.4 is 10.7 Å². The van der Waals surface area contributed by atoms with E-state index in [1.807, 2.05) is 0 Å². The van der Waals surface area contributed by atoms with Crippen molar-refractivity contribution in [3.05, 3.63) is 11.8 Å². The number of carbonyl (C=O) groups is 3. The number of hydrazine groups is 1. The first-order valence-corrected chi connectivity index (χ1v) is 9.69. The highest BCUT2D eigenvalue weighted by Gasteiger charge is 2.39. The minimum absolute atomic E-state index is 0.0895. The quantitative estimate of drug-likeness (QED) is 0.342. The molecule has 1 saturated heterocycles. The Balaban J connectivity index is 1.68. The Morgan fingerprint density at radius 2 is 2.21 bits per heavy atom. The number of nitrogens with one attached hydrogen (secondary N) is 2. The second-order valence-electron chi connectivity index (χ2n) is 7.54. The van der Waals surface area contributed by atoms with Crippen LogP contribution in [0.3, 0.4) is 0 Å². The number of amides is 3. The maximum Gasteiger partial charge on any atom is 0.250 e. The van der Waals surface area contributed by atoms with E-state index in [1.165, 1.54) is 5.01 Å². The third kappa shape index (κ3) is 4.87. The van der Waals surface area contributed by atoms with E-state index in [0.29, 0.717) is 48.4 Å². The number of hydrogen-bond acceptors (Lipinski definition) is 7. The van der Waals surface area contributed by atoms with Crippen molar-refractivity contribution in [1.82, 2.24) is 20.7 Å². The molecule has 10 heteroatoms. The molecule has 0 radical (unpaired) electrons. The number of aryl methyl sites for hydroxylation is 1. The molecular weight excluding hydrogens is 366 g/mol. The summed E-state index contributed by atoms with van der Waals surface area (Å²) in [5.41, 5.74) is 2.97. The first-order chi connectivity index (χ1) is 13.5. The SMILES string of the molecule is Cc1cc(NC(=O)C2CCNN2C(=O)C(CC2CCCC2)CN(O)C=O)no1. The van der Waals surface area contributed by atoms with Gasteiger partial charge in [0.25, 0.3) is 0 Å². The lowest BCUT2D eigenvalue weighted by Crippen LogP contribution is -2.51. The van der Waals surface area contributed by atoms with Gasteiger partial charge in [-0.25, -0.2) is 10.5 Å². The van der Waals surface area contributed by atoms with Crippen molar-refractivity contribution in [3.63, 3.8) is 0 Å². The zero-order valence-corrected chi connectivity index (χ0v) is 16.0. The van der Waals surface area contributed by atoms with Gasteiger partial charge >= 0.3 is 0 Å². The third-order valence-corrected chi connectivity index (χ3v) is 5.40. The molecule has 2 fully saturated rings. The van der Waals surface area contributed by atoms with Crippen molar-refractivity contribution in [2.24, 2.45) is 11.8 Å². The molecular formula is C18H27N5O5. The highest BCUT2D eigenvalue weighted by Crippen LogP contribution is 2.31. The number of nitrogens with zero attached hydrogens (tertiary/aromatic N) is 3. The van der Waals surface area contributed by atoms with Crippen molar-refractivity contribution in [2.75, 3.05) is 18.4 Å². The lowest BCUT2D eigenvalue weighted by Gasteiger charge is -2.29. The molecule has 1 aromatic rings. The summed E-state index contributed by atoms with van der Waals surface area (Å²) in [4.78, 5) is 36.6. The molecule has 10 nitrogen and oxygen atoms in total. The summed E-state index contributed by atoms with van der Waals surface area (Å²) in [6.45, 7) is 2.11. The Kier molecular flexibility index (Phi) is 6.63. The predicted molar refractivity (Wildman–Crippen MR) is 97.7 cm³/mol. The lowest BCUT2D eigenvalue weighted by atomic mass is 9.92. The minimum Gasteiger partial charge on any atom is -0.360 e. The summed E-state index contributed by atoms with van der Waals surface area (Å²) in [7, 11) is 0. The number of rotatable bonds is 8. The van der Waals surface area contributed by atoms with Gasteiger partial charge in [0, 0.05) is 12.6 Å². The Morgan fingerprint density at radius 3 is 2.86 bits per heavy atom. The Bertz CT molecular complexity index is 702. The van der Waals surface area contributed by atoms with E-state index in [1.54, 1.807) is 13.0 Å².